The predicted molar refractivity (Wildman–Crippen MR) is 202 cm³/mol. The maximum atomic E-state index is 14.2. The monoisotopic (exact) mass is 795 g/mol. The number of hydrogen-bond acceptors (Lipinski definition) is 8. The van der Waals surface area contributed by atoms with Crippen molar-refractivity contribution in [2.45, 2.75) is 69.9 Å². The summed E-state index contributed by atoms with van der Waals surface area (Å²) in [4.78, 5) is 54.0. The average molecular weight is 796 g/mol. The molecule has 1 aromatic heterocycles. The van der Waals surface area contributed by atoms with Crippen molar-refractivity contribution in [2.75, 3.05) is 25.6 Å². The molecule has 13 nitrogen and oxygen atoms in total. The lowest BCUT2D eigenvalue weighted by Crippen LogP contribution is -2.48. The summed E-state index contributed by atoms with van der Waals surface area (Å²) in [6, 6.07) is 17.3. The zero-order valence-corrected chi connectivity index (χ0v) is 31.6. The maximum absolute atomic E-state index is 14.2. The number of H-pyrrole nitrogens is 1. The molecule has 1 saturated carbocycles. The molecule has 2 unspecified atom stereocenters. The van der Waals surface area contributed by atoms with E-state index in [1.165, 1.54) is 24.3 Å². The maximum Gasteiger partial charge on any atom is 0.411 e. The van der Waals surface area contributed by atoms with Crippen LogP contribution < -0.4 is 21.7 Å². The first-order valence-corrected chi connectivity index (χ1v) is 18.4. The van der Waals surface area contributed by atoms with Crippen LogP contribution in [0.2, 0.25) is 0 Å². The SMILES string of the molecule is COCC(C)NC(=O)c1ccc(-c2ccc(CC(NC(=O)C3CCC(CN)CC3)C(=O)Nc3ccc(-c4n[nH]c(C(F)(F)C(F)(F)C(=O)O)n4)cc3)cc2)c(C)c1. The number of aryl methyl sites for hydroxylation is 1. The van der Waals surface area contributed by atoms with Gasteiger partial charge in [-0.05, 0) is 111 Å². The highest BCUT2D eigenvalue weighted by Crippen LogP contribution is 2.42. The lowest BCUT2D eigenvalue weighted by Gasteiger charge is -2.28. The Morgan fingerprint density at radius 3 is 2.19 bits per heavy atom. The molecule has 1 aliphatic carbocycles. The molecule has 0 spiro atoms. The van der Waals surface area contributed by atoms with Crippen LogP contribution >= 0.6 is 0 Å². The molecule has 7 N–H and O–H groups in total. The van der Waals surface area contributed by atoms with Crippen molar-refractivity contribution >= 4 is 29.4 Å². The van der Waals surface area contributed by atoms with E-state index in [2.05, 4.69) is 26.0 Å². The van der Waals surface area contributed by atoms with Gasteiger partial charge in [0.1, 0.15) is 6.04 Å². The van der Waals surface area contributed by atoms with Crippen LogP contribution in [0.25, 0.3) is 22.5 Å². The Kier molecular flexibility index (Phi) is 13.5. The zero-order valence-electron chi connectivity index (χ0n) is 31.6. The van der Waals surface area contributed by atoms with Gasteiger partial charge in [0.2, 0.25) is 17.6 Å². The molecule has 0 radical (unpaired) electrons. The molecule has 57 heavy (non-hydrogen) atoms. The summed E-state index contributed by atoms with van der Waals surface area (Å²) >= 11 is 0. The number of hydrogen-bond donors (Lipinski definition) is 6. The molecule has 0 aliphatic heterocycles. The largest absolute Gasteiger partial charge is 0.477 e. The highest BCUT2D eigenvalue weighted by molar-refractivity contribution is 5.98. The van der Waals surface area contributed by atoms with Gasteiger partial charge in [-0.2, -0.15) is 22.7 Å². The molecule has 2 atom stereocenters. The van der Waals surface area contributed by atoms with Gasteiger partial charge in [-0.3, -0.25) is 19.5 Å². The topological polar surface area (TPSA) is 201 Å². The summed E-state index contributed by atoms with van der Waals surface area (Å²) in [5, 5.41) is 22.4. The summed E-state index contributed by atoms with van der Waals surface area (Å²) < 4.78 is 60.9. The molecule has 1 aliphatic rings. The van der Waals surface area contributed by atoms with E-state index in [1.54, 1.807) is 18.3 Å². The van der Waals surface area contributed by atoms with Crippen LogP contribution in [0.4, 0.5) is 23.2 Å². The number of amides is 3. The second kappa shape index (κ2) is 18.1. The number of methoxy groups -OCH3 is 1. The van der Waals surface area contributed by atoms with Crippen molar-refractivity contribution in [3.05, 3.63) is 89.2 Å². The molecule has 1 heterocycles. The summed E-state index contributed by atoms with van der Waals surface area (Å²) in [5.41, 5.74) is 10.2. The predicted octanol–water partition coefficient (Wildman–Crippen LogP) is 5.45. The number of halogens is 4. The number of nitrogens with zero attached hydrogens (tertiary/aromatic N) is 2. The Morgan fingerprint density at radius 2 is 1.60 bits per heavy atom. The van der Waals surface area contributed by atoms with E-state index in [1.807, 2.05) is 50.2 Å². The quantitative estimate of drug-likeness (QED) is 0.0798. The zero-order chi connectivity index (χ0) is 41.5. The van der Waals surface area contributed by atoms with Gasteiger partial charge in [0.05, 0.1) is 6.61 Å². The van der Waals surface area contributed by atoms with Crippen molar-refractivity contribution in [2.24, 2.45) is 17.6 Å². The number of benzene rings is 3. The fraction of sp³-hybridized carbons (Fsp3) is 0.400. The number of carbonyl (C=O) groups is 4. The van der Waals surface area contributed by atoms with E-state index < -0.39 is 41.4 Å². The number of ether oxygens (including phenoxy) is 1. The number of aromatic amines is 1. The van der Waals surface area contributed by atoms with E-state index in [4.69, 9.17) is 15.6 Å². The second-order valence-electron chi connectivity index (χ2n) is 14.3. The van der Waals surface area contributed by atoms with Gasteiger partial charge in [0, 0.05) is 42.3 Å². The fourth-order valence-electron chi connectivity index (χ4n) is 6.69. The van der Waals surface area contributed by atoms with Crippen LogP contribution in [0.3, 0.4) is 0 Å². The van der Waals surface area contributed by atoms with E-state index in [-0.39, 0.29) is 41.4 Å². The van der Waals surface area contributed by atoms with Crippen molar-refractivity contribution < 1.29 is 46.6 Å². The number of carboxylic acids is 1. The number of nitrogens with one attached hydrogen (secondary N) is 4. The van der Waals surface area contributed by atoms with E-state index in [9.17, 15) is 36.7 Å². The number of aromatic nitrogens is 3. The molecule has 3 aromatic carbocycles. The Morgan fingerprint density at radius 1 is 0.947 bits per heavy atom. The van der Waals surface area contributed by atoms with Crippen LogP contribution in [0.5, 0.6) is 0 Å². The third-order valence-corrected chi connectivity index (χ3v) is 10.0. The van der Waals surface area contributed by atoms with E-state index >= 15 is 0 Å². The van der Waals surface area contributed by atoms with E-state index in [0.717, 1.165) is 35.1 Å². The molecular formula is C40H45F4N7O6. The Labute approximate surface area is 326 Å². The molecule has 0 saturated heterocycles. The Balaban J connectivity index is 1.30. The van der Waals surface area contributed by atoms with Gasteiger partial charge in [-0.15, -0.1) is 0 Å². The second-order valence-corrected chi connectivity index (χ2v) is 14.3. The summed E-state index contributed by atoms with van der Waals surface area (Å²) in [7, 11) is 1.57. The molecule has 5 rings (SSSR count). The first-order chi connectivity index (χ1) is 27.0. The van der Waals surface area contributed by atoms with Gasteiger partial charge in [0.25, 0.3) is 5.91 Å². The first-order valence-electron chi connectivity index (χ1n) is 18.4. The van der Waals surface area contributed by atoms with Crippen LogP contribution in [0.15, 0.2) is 66.7 Å². The van der Waals surface area contributed by atoms with Crippen LogP contribution in [-0.2, 0) is 31.5 Å². The van der Waals surface area contributed by atoms with Crippen molar-refractivity contribution in [1.82, 2.24) is 25.8 Å². The third-order valence-electron chi connectivity index (χ3n) is 10.0. The summed E-state index contributed by atoms with van der Waals surface area (Å²) in [6.45, 7) is 4.70. The normalized spacial score (nSPS) is 17.0. The molecule has 17 heteroatoms. The van der Waals surface area contributed by atoms with Crippen molar-refractivity contribution in [3.8, 4) is 22.5 Å². The standard InChI is InChI=1S/C40H45F4N7O6/c1-22-18-29(35(53)46-23(2)21-57-3)14-17-31(22)26-8-4-24(5-9-26)19-32(48-34(52)28-10-6-25(20-45)7-11-28)36(54)47-30-15-12-27(13-16-30)33-49-37(51-50-33)39(41,42)40(43,44)38(55)56/h4-5,8-9,12-18,23,25,28,32H,6-7,10-11,19-21,45H2,1-3H3,(H,46,53)(H,47,54)(H,48,52)(H,55,56)(H,49,50,51). The molecule has 3 amide bonds. The number of nitrogens with two attached hydrogens (primary N) is 1. The lowest BCUT2D eigenvalue weighted by molar-refractivity contribution is -0.231. The highest BCUT2D eigenvalue weighted by Gasteiger charge is 2.65. The smallest absolute Gasteiger partial charge is 0.411 e. The summed E-state index contributed by atoms with van der Waals surface area (Å²) in [5.74, 6) is -16.6. The van der Waals surface area contributed by atoms with Gasteiger partial charge in [-0.1, -0.05) is 30.3 Å². The highest BCUT2D eigenvalue weighted by atomic mass is 19.3. The van der Waals surface area contributed by atoms with E-state index in [0.29, 0.717) is 37.5 Å². The average Bonchev–Trinajstić information content (AvgIpc) is 3.70. The van der Waals surface area contributed by atoms with Gasteiger partial charge in [-0.25, -0.2) is 9.78 Å². The minimum absolute atomic E-state index is 0.104. The number of anilines is 1. The van der Waals surface area contributed by atoms with Crippen molar-refractivity contribution in [3.63, 3.8) is 0 Å². The third kappa shape index (κ3) is 10.0. The minimum atomic E-state index is -5.44. The fourth-order valence-corrected chi connectivity index (χ4v) is 6.69. The molecule has 4 aromatic rings. The van der Waals surface area contributed by atoms with Crippen LogP contribution in [-0.4, -0.2) is 82.2 Å². The number of carbonyl (C=O) groups excluding carboxylic acids is 3. The summed E-state index contributed by atoms with van der Waals surface area (Å²) in [6.07, 6.45) is 3.05. The lowest BCUT2D eigenvalue weighted by atomic mass is 9.81. The number of rotatable bonds is 16. The Bertz CT molecular complexity index is 2050. The number of carboxylic acid groups (broad SMARTS) is 1. The van der Waals surface area contributed by atoms with Crippen LogP contribution in [0, 0.1) is 18.8 Å². The number of alkyl halides is 4. The van der Waals surface area contributed by atoms with Crippen LogP contribution in [0.1, 0.15) is 59.9 Å². The van der Waals surface area contributed by atoms with Gasteiger partial charge in [0.15, 0.2) is 5.82 Å². The molecule has 304 valence electrons. The Hall–Kier alpha value is -5.68. The van der Waals surface area contributed by atoms with Gasteiger partial charge >= 0.3 is 17.8 Å². The molecule has 1 fully saturated rings. The van der Waals surface area contributed by atoms with Gasteiger partial charge < -0.3 is 31.5 Å². The first kappa shape index (κ1) is 42.5. The minimum Gasteiger partial charge on any atom is -0.477 e. The molecule has 0 bridgehead atoms. The molecular weight excluding hydrogens is 750 g/mol. The van der Waals surface area contributed by atoms with Crippen molar-refractivity contribution in [1.29, 1.82) is 0 Å². The number of aliphatic carboxylic acids is 1.